The van der Waals surface area contributed by atoms with Gasteiger partial charge in [-0.2, -0.15) is 13.2 Å². The summed E-state index contributed by atoms with van der Waals surface area (Å²) in [6, 6.07) is 19.3. The minimum atomic E-state index is -4.73. The van der Waals surface area contributed by atoms with Crippen molar-refractivity contribution in [2.45, 2.75) is 63.2 Å². The lowest BCUT2D eigenvalue weighted by molar-refractivity contribution is -0.140. The molecule has 0 spiro atoms. The van der Waals surface area contributed by atoms with Crippen LogP contribution in [0.15, 0.2) is 89.8 Å². The zero-order valence-corrected chi connectivity index (χ0v) is 24.9. The molecular formula is C31H36F3N3O4S. The molecule has 3 aromatic rings. The molecule has 0 aliphatic heterocycles. The van der Waals surface area contributed by atoms with E-state index < -0.39 is 51.7 Å². The Hall–Kier alpha value is -3.86. The first-order chi connectivity index (χ1) is 19.6. The molecule has 1 atom stereocenters. The van der Waals surface area contributed by atoms with Gasteiger partial charge in [-0.15, -0.1) is 0 Å². The molecule has 226 valence electrons. The smallest absolute Gasteiger partial charge is 0.350 e. The van der Waals surface area contributed by atoms with E-state index in [1.807, 2.05) is 30.3 Å². The Bertz CT molecular complexity index is 1460. The summed E-state index contributed by atoms with van der Waals surface area (Å²) in [5.74, 6) is -1.14. The Kier molecular flexibility index (Phi) is 10.4. The third-order valence-electron chi connectivity index (χ3n) is 6.44. The number of rotatable bonds is 11. The highest BCUT2D eigenvalue weighted by atomic mass is 32.2. The van der Waals surface area contributed by atoms with E-state index in [0.29, 0.717) is 16.8 Å². The van der Waals surface area contributed by atoms with Gasteiger partial charge in [0, 0.05) is 12.1 Å². The molecule has 0 heterocycles. The first-order valence-electron chi connectivity index (χ1n) is 13.5. The molecule has 0 aromatic heterocycles. The zero-order valence-electron chi connectivity index (χ0n) is 24.1. The van der Waals surface area contributed by atoms with Crippen molar-refractivity contribution in [1.29, 1.82) is 0 Å². The fraction of sp³-hybridized carbons (Fsp3) is 0.355. The Labute approximate surface area is 245 Å². The average Bonchev–Trinajstić information content (AvgIpc) is 2.93. The third kappa shape index (κ3) is 8.58. The predicted octanol–water partition coefficient (Wildman–Crippen LogP) is 5.67. The lowest BCUT2D eigenvalue weighted by atomic mass is 10.1. The van der Waals surface area contributed by atoms with Gasteiger partial charge in [-0.1, -0.05) is 61.5 Å². The molecule has 7 nitrogen and oxygen atoms in total. The summed E-state index contributed by atoms with van der Waals surface area (Å²) in [5, 5.41) is 2.88. The van der Waals surface area contributed by atoms with Crippen molar-refractivity contribution < 1.29 is 31.2 Å². The normalized spacial score (nSPS) is 12.8. The van der Waals surface area contributed by atoms with Crippen molar-refractivity contribution in [3.63, 3.8) is 0 Å². The molecule has 1 N–H and O–H groups in total. The number of halogens is 3. The minimum absolute atomic E-state index is 0.0841. The van der Waals surface area contributed by atoms with E-state index in [1.165, 1.54) is 35.2 Å². The van der Waals surface area contributed by atoms with E-state index in [4.69, 9.17) is 0 Å². The largest absolute Gasteiger partial charge is 0.416 e. The second-order valence-corrected chi connectivity index (χ2v) is 12.7. The summed E-state index contributed by atoms with van der Waals surface area (Å²) in [7, 11) is -4.48. The molecule has 0 aliphatic carbocycles. The van der Waals surface area contributed by atoms with E-state index in [-0.39, 0.29) is 23.5 Å². The van der Waals surface area contributed by atoms with Crippen LogP contribution in [0, 0.1) is 0 Å². The number of nitrogens with zero attached hydrogens (tertiary/aromatic N) is 2. The monoisotopic (exact) mass is 603 g/mol. The van der Waals surface area contributed by atoms with Crippen molar-refractivity contribution >= 4 is 27.5 Å². The topological polar surface area (TPSA) is 86.8 Å². The number of benzene rings is 3. The first-order valence-corrected chi connectivity index (χ1v) is 15.0. The van der Waals surface area contributed by atoms with Crippen molar-refractivity contribution in [3.8, 4) is 0 Å². The van der Waals surface area contributed by atoms with Gasteiger partial charge in [-0.05, 0) is 69.5 Å². The number of anilines is 1. The van der Waals surface area contributed by atoms with Crippen LogP contribution in [0.4, 0.5) is 18.9 Å². The fourth-order valence-corrected chi connectivity index (χ4v) is 5.86. The van der Waals surface area contributed by atoms with Gasteiger partial charge in [0.1, 0.15) is 12.6 Å². The average molecular weight is 604 g/mol. The van der Waals surface area contributed by atoms with Crippen LogP contribution in [0.3, 0.4) is 0 Å². The van der Waals surface area contributed by atoms with Crippen LogP contribution < -0.4 is 9.62 Å². The zero-order chi connectivity index (χ0) is 31.1. The van der Waals surface area contributed by atoms with Gasteiger partial charge >= 0.3 is 6.18 Å². The molecular weight excluding hydrogens is 567 g/mol. The van der Waals surface area contributed by atoms with Crippen LogP contribution in [-0.4, -0.2) is 49.8 Å². The molecule has 3 rings (SSSR count). The second-order valence-electron chi connectivity index (χ2n) is 10.9. The molecule has 0 radical (unpaired) electrons. The molecule has 42 heavy (non-hydrogen) atoms. The summed E-state index contributed by atoms with van der Waals surface area (Å²) < 4.78 is 69.0. The number of carbonyl (C=O) groups excluding carboxylic acids is 2. The molecule has 3 aromatic carbocycles. The van der Waals surface area contributed by atoms with Crippen molar-refractivity contribution in [1.82, 2.24) is 10.2 Å². The minimum Gasteiger partial charge on any atom is -0.350 e. The standard InChI is InChI=1S/C31H36F3N3O4S/c1-5-27(29(39)35-30(2,3)4)36(20-19-23-13-8-6-9-14-23)28(38)22-37(42(40,41)26-17-10-7-11-18-26)25-16-12-15-24(21-25)31(32,33)34/h6-18,21,27H,5,19-20,22H2,1-4H3,(H,35,39). The number of carbonyl (C=O) groups is 2. The number of hydrogen-bond acceptors (Lipinski definition) is 4. The van der Waals surface area contributed by atoms with Gasteiger partial charge in [0.05, 0.1) is 16.1 Å². The number of amides is 2. The maximum atomic E-state index is 14.0. The highest BCUT2D eigenvalue weighted by Gasteiger charge is 2.36. The summed E-state index contributed by atoms with van der Waals surface area (Å²) in [6.07, 6.45) is -4.12. The van der Waals surface area contributed by atoms with Gasteiger partial charge in [0.25, 0.3) is 10.0 Å². The predicted molar refractivity (Wildman–Crippen MR) is 156 cm³/mol. The van der Waals surface area contributed by atoms with Gasteiger partial charge in [-0.3, -0.25) is 13.9 Å². The molecule has 0 saturated heterocycles. The number of hydrogen-bond donors (Lipinski definition) is 1. The summed E-state index contributed by atoms with van der Waals surface area (Å²) >= 11 is 0. The summed E-state index contributed by atoms with van der Waals surface area (Å²) in [4.78, 5) is 28.4. The number of sulfonamides is 1. The SMILES string of the molecule is CCC(C(=O)NC(C)(C)C)N(CCc1ccccc1)C(=O)CN(c1cccc(C(F)(F)F)c1)S(=O)(=O)c1ccccc1. The molecule has 11 heteroatoms. The lowest BCUT2D eigenvalue weighted by Gasteiger charge is -2.35. The fourth-order valence-electron chi connectivity index (χ4n) is 4.43. The van der Waals surface area contributed by atoms with E-state index >= 15 is 0 Å². The van der Waals surface area contributed by atoms with Gasteiger partial charge < -0.3 is 10.2 Å². The van der Waals surface area contributed by atoms with Crippen LogP contribution in [0.5, 0.6) is 0 Å². The maximum Gasteiger partial charge on any atom is 0.416 e. The Balaban J connectivity index is 2.07. The second kappa shape index (κ2) is 13.4. The molecule has 0 aliphatic rings. The first kappa shape index (κ1) is 32.7. The van der Waals surface area contributed by atoms with Crippen LogP contribution in [0.1, 0.15) is 45.2 Å². The number of alkyl halides is 3. The third-order valence-corrected chi connectivity index (χ3v) is 8.23. The van der Waals surface area contributed by atoms with Gasteiger partial charge in [-0.25, -0.2) is 8.42 Å². The molecule has 0 bridgehead atoms. The molecule has 1 unspecified atom stereocenters. The quantitative estimate of drug-likeness (QED) is 0.306. The van der Waals surface area contributed by atoms with Crippen molar-refractivity contribution in [3.05, 3.63) is 96.1 Å². The van der Waals surface area contributed by atoms with Crippen LogP contribution in [0.25, 0.3) is 0 Å². The molecule has 2 amide bonds. The van der Waals surface area contributed by atoms with Crippen molar-refractivity contribution in [2.75, 3.05) is 17.4 Å². The molecule has 0 saturated carbocycles. The number of nitrogens with one attached hydrogen (secondary N) is 1. The van der Waals surface area contributed by atoms with Gasteiger partial charge in [0.15, 0.2) is 0 Å². The molecule has 0 fully saturated rings. The van der Waals surface area contributed by atoms with Crippen LogP contribution in [0.2, 0.25) is 0 Å². The maximum absolute atomic E-state index is 14.0. The Morgan fingerprint density at radius 1 is 0.881 bits per heavy atom. The Morgan fingerprint density at radius 2 is 1.48 bits per heavy atom. The van der Waals surface area contributed by atoms with Crippen LogP contribution in [-0.2, 0) is 32.2 Å². The summed E-state index contributed by atoms with van der Waals surface area (Å²) in [6.45, 7) is 6.41. The highest BCUT2D eigenvalue weighted by Crippen LogP contribution is 2.33. The summed E-state index contributed by atoms with van der Waals surface area (Å²) in [5.41, 5.74) is -1.08. The van der Waals surface area contributed by atoms with E-state index in [2.05, 4.69) is 5.32 Å². The van der Waals surface area contributed by atoms with Gasteiger partial charge in [0.2, 0.25) is 11.8 Å². The van der Waals surface area contributed by atoms with E-state index in [1.54, 1.807) is 33.8 Å². The van der Waals surface area contributed by atoms with E-state index in [0.717, 1.165) is 17.7 Å². The van der Waals surface area contributed by atoms with Crippen molar-refractivity contribution in [2.24, 2.45) is 0 Å². The Morgan fingerprint density at radius 3 is 2.02 bits per heavy atom. The van der Waals surface area contributed by atoms with E-state index in [9.17, 15) is 31.2 Å². The lowest BCUT2D eigenvalue weighted by Crippen LogP contribution is -2.56. The van der Waals surface area contributed by atoms with Crippen LogP contribution >= 0.6 is 0 Å². The highest BCUT2D eigenvalue weighted by molar-refractivity contribution is 7.92.